The normalized spacial score (nSPS) is 20.2. The highest BCUT2D eigenvalue weighted by Gasteiger charge is 2.41. The Labute approximate surface area is 123 Å². The van der Waals surface area contributed by atoms with Gasteiger partial charge in [-0.05, 0) is 50.2 Å². The molecule has 3 rings (SSSR count). The van der Waals surface area contributed by atoms with Crippen LogP contribution in [0.2, 0.25) is 0 Å². The molecule has 0 radical (unpaired) electrons. The van der Waals surface area contributed by atoms with Crippen molar-refractivity contribution in [3.05, 3.63) is 16.5 Å². The van der Waals surface area contributed by atoms with E-state index in [1.54, 1.807) is 10.4 Å². The van der Waals surface area contributed by atoms with Crippen molar-refractivity contribution in [2.45, 2.75) is 48.7 Å². The first kappa shape index (κ1) is 13.9. The van der Waals surface area contributed by atoms with Gasteiger partial charge in [0.25, 0.3) is 10.0 Å². The number of alkyl halides is 1. The SMILES string of the molecule is Cc1cc(S(=O)(=O)N(CC2CC2)C2CC2)sc1CCl. The maximum absolute atomic E-state index is 12.8. The number of halogens is 1. The van der Waals surface area contributed by atoms with Crippen LogP contribution in [0.15, 0.2) is 10.3 Å². The Morgan fingerprint density at radius 2 is 2.05 bits per heavy atom. The van der Waals surface area contributed by atoms with Crippen molar-refractivity contribution in [1.29, 1.82) is 0 Å². The zero-order chi connectivity index (χ0) is 13.6. The van der Waals surface area contributed by atoms with Gasteiger partial charge in [-0.25, -0.2) is 8.42 Å². The van der Waals surface area contributed by atoms with Crippen LogP contribution < -0.4 is 0 Å². The van der Waals surface area contributed by atoms with Crippen LogP contribution in [0.3, 0.4) is 0 Å². The summed E-state index contributed by atoms with van der Waals surface area (Å²) in [6, 6.07) is 2.02. The minimum Gasteiger partial charge on any atom is -0.206 e. The Morgan fingerprint density at radius 3 is 2.53 bits per heavy atom. The summed E-state index contributed by atoms with van der Waals surface area (Å²) in [7, 11) is -3.31. The lowest BCUT2D eigenvalue weighted by atomic mass is 10.3. The van der Waals surface area contributed by atoms with E-state index in [9.17, 15) is 8.42 Å². The smallest absolute Gasteiger partial charge is 0.206 e. The maximum atomic E-state index is 12.8. The zero-order valence-corrected chi connectivity index (χ0v) is 13.3. The van der Waals surface area contributed by atoms with Crippen LogP contribution >= 0.6 is 22.9 Å². The number of hydrogen-bond acceptors (Lipinski definition) is 3. The van der Waals surface area contributed by atoms with E-state index in [1.165, 1.54) is 24.2 Å². The monoisotopic (exact) mass is 319 g/mol. The Hall–Kier alpha value is -0.100. The average molecular weight is 320 g/mol. The van der Waals surface area contributed by atoms with Crippen LogP contribution in [0.1, 0.15) is 36.1 Å². The van der Waals surface area contributed by atoms with Crippen molar-refractivity contribution in [2.24, 2.45) is 5.92 Å². The van der Waals surface area contributed by atoms with Gasteiger partial charge >= 0.3 is 0 Å². The number of nitrogens with zero attached hydrogens (tertiary/aromatic N) is 1. The average Bonchev–Trinajstić information content (AvgIpc) is 3.24. The lowest BCUT2D eigenvalue weighted by Gasteiger charge is -2.20. The molecule has 0 aromatic carbocycles. The third-order valence-electron chi connectivity index (χ3n) is 3.77. The molecule has 2 aliphatic rings. The van der Waals surface area contributed by atoms with Crippen LogP contribution in [0.5, 0.6) is 0 Å². The molecule has 106 valence electrons. The molecule has 3 nitrogen and oxygen atoms in total. The second kappa shape index (κ2) is 5.02. The van der Waals surface area contributed by atoms with Gasteiger partial charge in [-0.2, -0.15) is 4.31 Å². The lowest BCUT2D eigenvalue weighted by molar-refractivity contribution is 0.390. The number of rotatable bonds is 6. The van der Waals surface area contributed by atoms with Crippen molar-refractivity contribution in [3.8, 4) is 0 Å². The van der Waals surface area contributed by atoms with Crippen LogP contribution in [0.25, 0.3) is 0 Å². The third kappa shape index (κ3) is 2.84. The van der Waals surface area contributed by atoms with Gasteiger partial charge in [0.2, 0.25) is 0 Å². The summed E-state index contributed by atoms with van der Waals surface area (Å²) in [5.41, 5.74) is 0.987. The van der Waals surface area contributed by atoms with E-state index in [0.717, 1.165) is 23.3 Å². The van der Waals surface area contributed by atoms with E-state index in [1.807, 2.05) is 6.92 Å². The molecule has 0 amide bonds. The summed E-state index contributed by atoms with van der Waals surface area (Å²) in [5.74, 6) is 0.974. The molecular weight excluding hydrogens is 302 g/mol. The van der Waals surface area contributed by atoms with Gasteiger partial charge in [-0.15, -0.1) is 22.9 Å². The van der Waals surface area contributed by atoms with E-state index in [4.69, 9.17) is 11.6 Å². The highest BCUT2D eigenvalue weighted by molar-refractivity contribution is 7.91. The van der Waals surface area contributed by atoms with E-state index >= 15 is 0 Å². The molecule has 1 aromatic rings. The van der Waals surface area contributed by atoms with Crippen LogP contribution in [-0.2, 0) is 15.9 Å². The topological polar surface area (TPSA) is 37.4 Å². The molecule has 0 saturated heterocycles. The molecule has 2 saturated carbocycles. The first-order chi connectivity index (χ1) is 9.02. The second-order valence-corrected chi connectivity index (χ2v) is 9.08. The predicted octanol–water partition coefficient (Wildman–Crippen LogP) is 3.36. The van der Waals surface area contributed by atoms with Gasteiger partial charge in [-0.3, -0.25) is 0 Å². The van der Waals surface area contributed by atoms with Gasteiger partial charge in [0, 0.05) is 17.5 Å². The molecule has 0 unspecified atom stereocenters. The Bertz CT molecular complexity index is 573. The van der Waals surface area contributed by atoms with E-state index in [2.05, 4.69) is 0 Å². The molecule has 1 aromatic heterocycles. The largest absolute Gasteiger partial charge is 0.252 e. The van der Waals surface area contributed by atoms with Crippen molar-refractivity contribution < 1.29 is 8.42 Å². The van der Waals surface area contributed by atoms with Gasteiger partial charge in [0.05, 0.1) is 5.88 Å². The number of hydrogen-bond donors (Lipinski definition) is 0. The van der Waals surface area contributed by atoms with Gasteiger partial charge in [-0.1, -0.05) is 0 Å². The number of thiophene rings is 1. The highest BCUT2D eigenvalue weighted by atomic mass is 35.5. The molecule has 0 atom stereocenters. The molecule has 6 heteroatoms. The van der Waals surface area contributed by atoms with Gasteiger partial charge < -0.3 is 0 Å². The molecule has 2 aliphatic carbocycles. The molecule has 2 fully saturated rings. The molecule has 0 spiro atoms. The van der Waals surface area contributed by atoms with Crippen molar-refractivity contribution in [1.82, 2.24) is 4.31 Å². The lowest BCUT2D eigenvalue weighted by Crippen LogP contribution is -2.34. The summed E-state index contributed by atoms with van der Waals surface area (Å²) in [5, 5.41) is 0. The Kier molecular flexibility index (Phi) is 3.67. The molecule has 0 N–H and O–H groups in total. The first-order valence-corrected chi connectivity index (χ1v) is 9.48. The zero-order valence-electron chi connectivity index (χ0n) is 10.9. The highest BCUT2D eigenvalue weighted by Crippen LogP contribution is 2.39. The fourth-order valence-electron chi connectivity index (χ4n) is 2.22. The standard InChI is InChI=1S/C13H18ClNO2S2/c1-9-6-13(18-12(9)7-14)19(16,17)15(11-4-5-11)8-10-2-3-10/h6,10-11H,2-5,7-8H2,1H3. The molecule has 1 heterocycles. The van der Waals surface area contributed by atoms with E-state index in [0.29, 0.717) is 22.6 Å². The molecule has 0 aliphatic heterocycles. The quantitative estimate of drug-likeness (QED) is 0.754. The maximum Gasteiger partial charge on any atom is 0.252 e. The summed E-state index contributed by atoms with van der Waals surface area (Å²) in [6.45, 7) is 2.63. The summed E-state index contributed by atoms with van der Waals surface area (Å²) in [4.78, 5) is 0.961. The van der Waals surface area contributed by atoms with Crippen molar-refractivity contribution >= 4 is 33.0 Å². The second-order valence-electron chi connectivity index (χ2n) is 5.55. The van der Waals surface area contributed by atoms with Crippen LogP contribution in [-0.4, -0.2) is 25.3 Å². The van der Waals surface area contributed by atoms with Gasteiger partial charge in [0.1, 0.15) is 4.21 Å². The van der Waals surface area contributed by atoms with Crippen LogP contribution in [0.4, 0.5) is 0 Å². The van der Waals surface area contributed by atoms with Crippen molar-refractivity contribution in [2.75, 3.05) is 6.54 Å². The summed E-state index contributed by atoms with van der Waals surface area (Å²) >= 11 is 7.17. The van der Waals surface area contributed by atoms with Crippen molar-refractivity contribution in [3.63, 3.8) is 0 Å². The van der Waals surface area contributed by atoms with Crippen LogP contribution in [0, 0.1) is 12.8 Å². The number of aryl methyl sites for hydroxylation is 1. The Balaban J connectivity index is 1.89. The fourth-order valence-corrected chi connectivity index (χ4v) is 5.93. The third-order valence-corrected chi connectivity index (χ3v) is 7.80. The first-order valence-electron chi connectivity index (χ1n) is 6.69. The molecule has 19 heavy (non-hydrogen) atoms. The van der Waals surface area contributed by atoms with Gasteiger partial charge in [0.15, 0.2) is 0 Å². The molecule has 0 bridgehead atoms. The van der Waals surface area contributed by atoms with E-state index < -0.39 is 10.0 Å². The summed E-state index contributed by atoms with van der Waals surface area (Å²) < 4.78 is 27.7. The van der Waals surface area contributed by atoms with E-state index in [-0.39, 0.29) is 6.04 Å². The predicted molar refractivity (Wildman–Crippen MR) is 78.3 cm³/mol. The minimum absolute atomic E-state index is 0.243. The minimum atomic E-state index is -3.31. The summed E-state index contributed by atoms with van der Waals surface area (Å²) in [6.07, 6.45) is 4.38. The molecular formula is C13H18ClNO2S2. The number of sulfonamides is 1. The fraction of sp³-hybridized carbons (Fsp3) is 0.692. The Morgan fingerprint density at radius 1 is 1.37 bits per heavy atom.